The molecule has 3 aromatic carbocycles. The molecule has 1 saturated heterocycles. The first-order valence-electron chi connectivity index (χ1n) is 14.6. The fourth-order valence-corrected chi connectivity index (χ4v) is 6.67. The van der Waals surface area contributed by atoms with E-state index in [2.05, 4.69) is 47.5 Å². The van der Waals surface area contributed by atoms with Crippen LogP contribution in [0, 0.1) is 11.7 Å². The number of fused-ring (bicyclic) bond motifs is 2. The molecule has 10 heteroatoms. The molecule has 0 radical (unpaired) electrons. The highest BCUT2D eigenvalue weighted by Crippen LogP contribution is 2.48. The third-order valence-corrected chi connectivity index (χ3v) is 9.00. The van der Waals surface area contributed by atoms with E-state index < -0.39 is 47.7 Å². The lowest BCUT2D eigenvalue weighted by Crippen LogP contribution is -2.48. The van der Waals surface area contributed by atoms with Crippen LogP contribution in [0.15, 0.2) is 72.8 Å². The van der Waals surface area contributed by atoms with Crippen LogP contribution < -0.4 is 5.32 Å². The minimum atomic E-state index is -4.99. The van der Waals surface area contributed by atoms with Crippen LogP contribution >= 0.6 is 0 Å². The Morgan fingerprint density at radius 3 is 2.27 bits per heavy atom. The first-order valence-corrected chi connectivity index (χ1v) is 14.6. The van der Waals surface area contributed by atoms with E-state index >= 15 is 0 Å². The molecule has 0 saturated carbocycles. The van der Waals surface area contributed by atoms with Gasteiger partial charge in [0.25, 0.3) is 0 Å². The SMILES string of the molecule is CC[C@H]1CN(CC[C@H](C(=O)NCc2cc(C(F)(F)F)cc(C(F)(F)F)c2)c2ccc(F)cc2)CC[C@@]12C=Cc1ccccc12. The summed E-state index contributed by atoms with van der Waals surface area (Å²) in [6.45, 7) is 3.76. The summed E-state index contributed by atoms with van der Waals surface area (Å²) in [5.74, 6) is -1.49. The molecule has 3 atom stereocenters. The number of amides is 1. The van der Waals surface area contributed by atoms with Crippen molar-refractivity contribution in [3.8, 4) is 0 Å². The van der Waals surface area contributed by atoms with Crippen molar-refractivity contribution in [1.29, 1.82) is 0 Å². The highest BCUT2D eigenvalue weighted by Gasteiger charge is 2.44. The molecule has 1 heterocycles. The second-order valence-corrected chi connectivity index (χ2v) is 11.6. The van der Waals surface area contributed by atoms with E-state index in [1.165, 1.54) is 35.4 Å². The number of nitrogens with zero attached hydrogens (tertiary/aromatic N) is 1. The Balaban J connectivity index is 1.30. The Hall–Kier alpha value is -3.66. The average Bonchev–Trinajstić information content (AvgIpc) is 3.35. The monoisotopic (exact) mass is 618 g/mol. The third-order valence-electron chi connectivity index (χ3n) is 9.00. The number of rotatable bonds is 8. The smallest absolute Gasteiger partial charge is 0.351 e. The molecule has 0 aromatic heterocycles. The van der Waals surface area contributed by atoms with Gasteiger partial charge in [-0.1, -0.05) is 61.9 Å². The number of likely N-dealkylation sites (tertiary alicyclic amines) is 1. The molecule has 1 aliphatic heterocycles. The van der Waals surface area contributed by atoms with Gasteiger partial charge in [-0.05, 0) is 84.4 Å². The Morgan fingerprint density at radius 2 is 1.64 bits per heavy atom. The zero-order valence-corrected chi connectivity index (χ0v) is 24.1. The first-order chi connectivity index (χ1) is 20.8. The summed E-state index contributed by atoms with van der Waals surface area (Å²) in [6, 6.07) is 15.1. The minimum Gasteiger partial charge on any atom is -0.351 e. The second-order valence-electron chi connectivity index (χ2n) is 11.6. The summed E-state index contributed by atoms with van der Waals surface area (Å²) in [5, 5.41) is 2.53. The highest BCUT2D eigenvalue weighted by molar-refractivity contribution is 5.83. The van der Waals surface area contributed by atoms with Crippen molar-refractivity contribution in [2.24, 2.45) is 5.92 Å². The molecule has 3 nitrogen and oxygen atoms in total. The van der Waals surface area contributed by atoms with E-state index in [0.29, 0.717) is 36.6 Å². The van der Waals surface area contributed by atoms with Gasteiger partial charge in [0.05, 0.1) is 17.0 Å². The maximum atomic E-state index is 13.7. The van der Waals surface area contributed by atoms with E-state index in [9.17, 15) is 35.5 Å². The minimum absolute atomic E-state index is 0.0458. The summed E-state index contributed by atoms with van der Waals surface area (Å²) < 4.78 is 93.6. The zero-order chi connectivity index (χ0) is 31.7. The largest absolute Gasteiger partial charge is 0.416 e. The van der Waals surface area contributed by atoms with Crippen molar-refractivity contribution in [3.63, 3.8) is 0 Å². The van der Waals surface area contributed by atoms with Crippen molar-refractivity contribution in [1.82, 2.24) is 10.2 Å². The van der Waals surface area contributed by atoms with Gasteiger partial charge in [-0.15, -0.1) is 0 Å². The van der Waals surface area contributed by atoms with Crippen LogP contribution in [0.5, 0.6) is 0 Å². The van der Waals surface area contributed by atoms with Gasteiger partial charge < -0.3 is 10.2 Å². The van der Waals surface area contributed by atoms with Crippen LogP contribution in [0.1, 0.15) is 65.5 Å². The van der Waals surface area contributed by atoms with E-state index in [-0.39, 0.29) is 17.0 Å². The van der Waals surface area contributed by atoms with Gasteiger partial charge in [0, 0.05) is 18.5 Å². The molecule has 2 aliphatic rings. The normalized spacial score (nSPS) is 21.0. The number of hydrogen-bond donors (Lipinski definition) is 1. The molecule has 1 amide bonds. The molecule has 3 aromatic rings. The van der Waals surface area contributed by atoms with E-state index in [1.54, 1.807) is 0 Å². The molecule has 1 fully saturated rings. The van der Waals surface area contributed by atoms with E-state index in [0.717, 1.165) is 25.9 Å². The summed E-state index contributed by atoms with van der Waals surface area (Å²) in [4.78, 5) is 15.7. The molecular formula is C34H33F7N2O. The molecule has 234 valence electrons. The number of alkyl halides is 6. The number of carbonyl (C=O) groups excluding carboxylic acids is 1. The van der Waals surface area contributed by atoms with Crippen LogP contribution in [0.25, 0.3) is 6.08 Å². The van der Waals surface area contributed by atoms with Crippen molar-refractivity contribution in [2.45, 2.75) is 56.4 Å². The Kier molecular flexibility index (Phi) is 8.94. The molecule has 0 bridgehead atoms. The Bertz CT molecular complexity index is 1480. The standard InChI is InChI=1S/C34H33F7N2O/c1-2-25-21-43(16-14-32(25)13-11-24-5-3-4-6-30(24)32)15-12-29(23-7-9-28(35)10-8-23)31(44)42-20-22-17-26(33(36,37)38)19-27(18-22)34(39,40)41/h3-11,13,17-19,25,29H,2,12,14-16,20-21H2,1H3,(H,42,44)/t25-,29-,32-/m0/s1. The third kappa shape index (κ3) is 6.70. The number of hydrogen-bond acceptors (Lipinski definition) is 2. The van der Waals surface area contributed by atoms with Gasteiger partial charge in [0.2, 0.25) is 5.91 Å². The maximum absolute atomic E-state index is 13.7. The predicted molar refractivity (Wildman–Crippen MR) is 154 cm³/mol. The van der Waals surface area contributed by atoms with Crippen molar-refractivity contribution < 1.29 is 35.5 Å². The lowest BCUT2D eigenvalue weighted by Gasteiger charge is -2.46. The Labute approximate surface area is 251 Å². The number of benzene rings is 3. The fraction of sp³-hybridized carbons (Fsp3) is 0.382. The van der Waals surface area contributed by atoms with Crippen LogP contribution in [-0.4, -0.2) is 30.4 Å². The quantitative estimate of drug-likeness (QED) is 0.258. The van der Waals surface area contributed by atoms with Gasteiger partial charge in [-0.25, -0.2) is 4.39 Å². The van der Waals surface area contributed by atoms with Crippen LogP contribution in [0.3, 0.4) is 0 Å². The van der Waals surface area contributed by atoms with E-state index in [4.69, 9.17) is 0 Å². The van der Waals surface area contributed by atoms with Gasteiger partial charge in [-0.3, -0.25) is 4.79 Å². The second kappa shape index (κ2) is 12.4. The summed E-state index contributed by atoms with van der Waals surface area (Å²) in [6.07, 6.45) is -3.28. The van der Waals surface area contributed by atoms with Crippen molar-refractivity contribution in [3.05, 3.63) is 112 Å². The molecule has 5 rings (SSSR count). The zero-order valence-electron chi connectivity index (χ0n) is 24.1. The molecule has 1 spiro atoms. The predicted octanol–water partition coefficient (Wildman–Crippen LogP) is 8.35. The van der Waals surface area contributed by atoms with Crippen molar-refractivity contribution in [2.75, 3.05) is 19.6 Å². The average molecular weight is 619 g/mol. The van der Waals surface area contributed by atoms with Crippen LogP contribution in [-0.2, 0) is 29.1 Å². The van der Waals surface area contributed by atoms with Gasteiger partial charge in [0.15, 0.2) is 0 Å². The summed E-state index contributed by atoms with van der Waals surface area (Å²) in [7, 11) is 0. The molecule has 1 aliphatic carbocycles. The number of allylic oxidation sites excluding steroid dienone is 1. The molecule has 0 unspecified atom stereocenters. The highest BCUT2D eigenvalue weighted by atomic mass is 19.4. The Morgan fingerprint density at radius 1 is 0.977 bits per heavy atom. The number of piperidine rings is 1. The topological polar surface area (TPSA) is 32.3 Å². The number of carbonyl (C=O) groups is 1. The lowest BCUT2D eigenvalue weighted by molar-refractivity contribution is -0.143. The molecule has 1 N–H and O–H groups in total. The lowest BCUT2D eigenvalue weighted by atomic mass is 9.66. The van der Waals surface area contributed by atoms with Gasteiger partial charge in [0.1, 0.15) is 5.82 Å². The number of nitrogens with one attached hydrogen (secondary N) is 1. The van der Waals surface area contributed by atoms with E-state index in [1.807, 2.05) is 6.07 Å². The molecule has 44 heavy (non-hydrogen) atoms. The van der Waals surface area contributed by atoms with Crippen LogP contribution in [0.4, 0.5) is 30.7 Å². The summed E-state index contributed by atoms with van der Waals surface area (Å²) >= 11 is 0. The maximum Gasteiger partial charge on any atom is 0.416 e. The summed E-state index contributed by atoms with van der Waals surface area (Å²) in [5.41, 5.74) is -0.184. The van der Waals surface area contributed by atoms with Gasteiger partial charge in [-0.2, -0.15) is 26.3 Å². The fourth-order valence-electron chi connectivity index (χ4n) is 6.67. The molecular weight excluding hydrogens is 585 g/mol. The van der Waals surface area contributed by atoms with Crippen LogP contribution in [0.2, 0.25) is 0 Å². The van der Waals surface area contributed by atoms with Gasteiger partial charge >= 0.3 is 12.4 Å². The van der Waals surface area contributed by atoms with Crippen molar-refractivity contribution >= 4 is 12.0 Å². The number of halogens is 7. The first kappa shape index (κ1) is 31.8.